The lowest BCUT2D eigenvalue weighted by molar-refractivity contribution is -0.0264. The van der Waals surface area contributed by atoms with Crippen LogP contribution in [-0.4, -0.2) is 49.3 Å². The Hall–Kier alpha value is -0.120. The average molecular weight is 266 g/mol. The summed E-state index contributed by atoms with van der Waals surface area (Å²) in [5.74, 6) is 0.939. The van der Waals surface area contributed by atoms with Crippen molar-refractivity contribution in [2.75, 3.05) is 26.2 Å². The van der Waals surface area contributed by atoms with Crippen molar-refractivity contribution < 1.29 is 4.74 Å². The summed E-state index contributed by atoms with van der Waals surface area (Å²) in [6, 6.07) is 1.53. The highest BCUT2D eigenvalue weighted by Gasteiger charge is 2.32. The molecule has 3 aliphatic rings. The third kappa shape index (κ3) is 3.50. The molecule has 19 heavy (non-hydrogen) atoms. The first-order valence-corrected chi connectivity index (χ1v) is 8.42. The highest BCUT2D eigenvalue weighted by Crippen LogP contribution is 2.29. The average Bonchev–Trinajstić information content (AvgIpc) is 2.48. The van der Waals surface area contributed by atoms with Gasteiger partial charge in [0, 0.05) is 38.3 Å². The van der Waals surface area contributed by atoms with Crippen LogP contribution in [0.3, 0.4) is 0 Å². The maximum absolute atomic E-state index is 5.70. The summed E-state index contributed by atoms with van der Waals surface area (Å²) in [5.41, 5.74) is 0. The van der Waals surface area contributed by atoms with E-state index in [1.807, 2.05) is 0 Å². The molecule has 1 N–H and O–H groups in total. The molecule has 0 aromatic heterocycles. The van der Waals surface area contributed by atoms with E-state index in [4.69, 9.17) is 4.74 Å². The zero-order valence-corrected chi connectivity index (χ0v) is 12.4. The SMILES string of the molecule is CC1CC(N2CCNC(C3CCCCC3)C2)CCO1. The lowest BCUT2D eigenvalue weighted by atomic mass is 9.82. The Kier molecular flexibility index (Phi) is 4.78. The van der Waals surface area contributed by atoms with Crippen LogP contribution in [0.5, 0.6) is 0 Å². The summed E-state index contributed by atoms with van der Waals surface area (Å²) >= 11 is 0. The van der Waals surface area contributed by atoms with Crippen LogP contribution >= 0.6 is 0 Å². The van der Waals surface area contributed by atoms with Gasteiger partial charge in [-0.3, -0.25) is 4.90 Å². The second kappa shape index (κ2) is 6.55. The Morgan fingerprint density at radius 1 is 1.11 bits per heavy atom. The van der Waals surface area contributed by atoms with Gasteiger partial charge in [0.15, 0.2) is 0 Å². The number of nitrogens with one attached hydrogen (secondary N) is 1. The lowest BCUT2D eigenvalue weighted by Crippen LogP contribution is -2.57. The van der Waals surface area contributed by atoms with Gasteiger partial charge in [0.25, 0.3) is 0 Å². The van der Waals surface area contributed by atoms with Gasteiger partial charge in [0.2, 0.25) is 0 Å². The molecule has 3 heteroatoms. The fourth-order valence-electron chi connectivity index (χ4n) is 4.29. The zero-order chi connectivity index (χ0) is 13.1. The van der Waals surface area contributed by atoms with Crippen molar-refractivity contribution in [3.8, 4) is 0 Å². The summed E-state index contributed by atoms with van der Waals surface area (Å²) in [7, 11) is 0. The molecule has 0 aromatic rings. The van der Waals surface area contributed by atoms with E-state index in [2.05, 4.69) is 17.1 Å². The first kappa shape index (κ1) is 13.8. The maximum Gasteiger partial charge on any atom is 0.0561 e. The molecule has 0 spiro atoms. The summed E-state index contributed by atoms with van der Waals surface area (Å²) in [4.78, 5) is 2.76. The summed E-state index contributed by atoms with van der Waals surface area (Å²) in [6.07, 6.45) is 10.2. The first-order chi connectivity index (χ1) is 9.33. The quantitative estimate of drug-likeness (QED) is 0.830. The number of hydrogen-bond donors (Lipinski definition) is 1. The maximum atomic E-state index is 5.70. The van der Waals surface area contributed by atoms with Gasteiger partial charge >= 0.3 is 0 Å². The first-order valence-electron chi connectivity index (χ1n) is 8.42. The topological polar surface area (TPSA) is 24.5 Å². The number of nitrogens with zero attached hydrogens (tertiary/aromatic N) is 1. The van der Waals surface area contributed by atoms with Crippen LogP contribution in [0.2, 0.25) is 0 Å². The number of rotatable bonds is 2. The smallest absolute Gasteiger partial charge is 0.0561 e. The summed E-state index contributed by atoms with van der Waals surface area (Å²) in [5, 5.41) is 3.80. The summed E-state index contributed by atoms with van der Waals surface area (Å²) in [6.45, 7) is 6.90. The van der Waals surface area contributed by atoms with Crippen LogP contribution in [0.25, 0.3) is 0 Å². The normalized spacial score (nSPS) is 39.3. The number of hydrogen-bond acceptors (Lipinski definition) is 3. The van der Waals surface area contributed by atoms with E-state index in [0.717, 1.165) is 24.6 Å². The molecule has 0 bridgehead atoms. The third-order valence-corrected chi connectivity index (χ3v) is 5.43. The Bertz CT molecular complexity index is 278. The van der Waals surface area contributed by atoms with Gasteiger partial charge in [-0.2, -0.15) is 0 Å². The molecule has 1 aliphatic carbocycles. The highest BCUT2D eigenvalue weighted by atomic mass is 16.5. The van der Waals surface area contributed by atoms with Crippen molar-refractivity contribution >= 4 is 0 Å². The van der Waals surface area contributed by atoms with Crippen molar-refractivity contribution in [3.63, 3.8) is 0 Å². The zero-order valence-electron chi connectivity index (χ0n) is 12.4. The van der Waals surface area contributed by atoms with Crippen LogP contribution in [-0.2, 0) is 4.74 Å². The van der Waals surface area contributed by atoms with Crippen LogP contribution in [0.4, 0.5) is 0 Å². The van der Waals surface area contributed by atoms with Crippen molar-refractivity contribution in [3.05, 3.63) is 0 Å². The minimum Gasteiger partial charge on any atom is -0.378 e. The Morgan fingerprint density at radius 3 is 2.74 bits per heavy atom. The largest absolute Gasteiger partial charge is 0.378 e. The molecule has 0 radical (unpaired) electrons. The molecule has 2 saturated heterocycles. The highest BCUT2D eigenvalue weighted by molar-refractivity contribution is 4.89. The second-order valence-corrected chi connectivity index (χ2v) is 6.81. The molecule has 3 rings (SSSR count). The number of ether oxygens (including phenoxy) is 1. The monoisotopic (exact) mass is 266 g/mol. The van der Waals surface area contributed by atoms with E-state index in [9.17, 15) is 0 Å². The third-order valence-electron chi connectivity index (χ3n) is 5.43. The van der Waals surface area contributed by atoms with Gasteiger partial charge in [-0.15, -0.1) is 0 Å². The van der Waals surface area contributed by atoms with E-state index in [1.165, 1.54) is 64.6 Å². The van der Waals surface area contributed by atoms with Gasteiger partial charge in [-0.25, -0.2) is 0 Å². The molecule has 3 nitrogen and oxygen atoms in total. The van der Waals surface area contributed by atoms with E-state index in [0.29, 0.717) is 6.10 Å². The fourth-order valence-corrected chi connectivity index (χ4v) is 4.29. The molecular formula is C16H30N2O. The van der Waals surface area contributed by atoms with Gasteiger partial charge in [-0.1, -0.05) is 19.3 Å². The minimum atomic E-state index is 0.460. The van der Waals surface area contributed by atoms with Crippen molar-refractivity contribution in [2.45, 2.75) is 70.1 Å². The fraction of sp³-hybridized carbons (Fsp3) is 1.00. The molecule has 2 aliphatic heterocycles. The van der Waals surface area contributed by atoms with Gasteiger partial charge in [0.1, 0.15) is 0 Å². The lowest BCUT2D eigenvalue weighted by Gasteiger charge is -2.44. The van der Waals surface area contributed by atoms with Gasteiger partial charge in [0.05, 0.1) is 6.10 Å². The molecule has 1 saturated carbocycles. The van der Waals surface area contributed by atoms with Crippen LogP contribution in [0.15, 0.2) is 0 Å². The van der Waals surface area contributed by atoms with Crippen molar-refractivity contribution in [1.29, 1.82) is 0 Å². The summed E-state index contributed by atoms with van der Waals surface area (Å²) < 4.78 is 5.70. The predicted molar refractivity (Wildman–Crippen MR) is 78.4 cm³/mol. The molecule has 3 unspecified atom stereocenters. The molecule has 0 aromatic carbocycles. The standard InChI is InChI=1S/C16H30N2O/c1-13-11-15(7-10-19-13)18-9-8-17-16(12-18)14-5-3-2-4-6-14/h13-17H,2-12H2,1H3. The molecule has 3 atom stereocenters. The van der Waals surface area contributed by atoms with E-state index in [1.54, 1.807) is 0 Å². The van der Waals surface area contributed by atoms with E-state index >= 15 is 0 Å². The Balaban J connectivity index is 1.54. The van der Waals surface area contributed by atoms with E-state index < -0.39 is 0 Å². The van der Waals surface area contributed by atoms with E-state index in [-0.39, 0.29) is 0 Å². The van der Waals surface area contributed by atoms with Gasteiger partial charge in [-0.05, 0) is 38.5 Å². The molecular weight excluding hydrogens is 236 g/mol. The van der Waals surface area contributed by atoms with Crippen LogP contribution in [0.1, 0.15) is 51.9 Å². The Morgan fingerprint density at radius 2 is 1.95 bits per heavy atom. The predicted octanol–water partition coefficient (Wildman–Crippen LogP) is 2.41. The van der Waals surface area contributed by atoms with Crippen LogP contribution < -0.4 is 5.32 Å². The van der Waals surface area contributed by atoms with Crippen molar-refractivity contribution in [2.24, 2.45) is 5.92 Å². The molecule has 2 heterocycles. The molecule has 110 valence electrons. The minimum absolute atomic E-state index is 0.460. The second-order valence-electron chi connectivity index (χ2n) is 6.81. The number of piperazine rings is 1. The van der Waals surface area contributed by atoms with Crippen molar-refractivity contribution in [1.82, 2.24) is 10.2 Å². The Labute approximate surface area is 118 Å². The van der Waals surface area contributed by atoms with Gasteiger partial charge < -0.3 is 10.1 Å². The molecule has 0 amide bonds. The van der Waals surface area contributed by atoms with Crippen LogP contribution in [0, 0.1) is 5.92 Å². The molecule has 3 fully saturated rings.